The molecule has 0 aliphatic carbocycles. The van der Waals surface area contributed by atoms with Gasteiger partial charge in [0.2, 0.25) is 5.88 Å². The molecule has 0 saturated carbocycles. The Hall–Kier alpha value is -2.43. The Labute approximate surface area is 104 Å². The van der Waals surface area contributed by atoms with Gasteiger partial charge >= 0.3 is 5.97 Å². The maximum atomic E-state index is 11.1. The van der Waals surface area contributed by atoms with Gasteiger partial charge in [0.25, 0.3) is 0 Å². The number of aromatic nitrogens is 2. The fourth-order valence-corrected chi connectivity index (χ4v) is 1.68. The third-order valence-corrected chi connectivity index (χ3v) is 2.60. The maximum absolute atomic E-state index is 11.1. The van der Waals surface area contributed by atoms with Crippen molar-refractivity contribution in [2.24, 2.45) is 0 Å². The first-order chi connectivity index (χ1) is 8.63. The van der Waals surface area contributed by atoms with Crippen molar-refractivity contribution in [2.75, 3.05) is 7.11 Å². The molecule has 0 atom stereocenters. The summed E-state index contributed by atoms with van der Waals surface area (Å²) in [7, 11) is 1.36. The maximum Gasteiger partial charge on any atom is 0.341 e. The van der Waals surface area contributed by atoms with E-state index in [1.54, 1.807) is 0 Å². The largest absolute Gasteiger partial charge is 0.479 e. The second kappa shape index (κ2) is 4.83. The van der Waals surface area contributed by atoms with Gasteiger partial charge in [-0.05, 0) is 18.6 Å². The van der Waals surface area contributed by atoms with Crippen molar-refractivity contribution < 1.29 is 14.6 Å². The first kappa shape index (κ1) is 12.0. The summed E-state index contributed by atoms with van der Waals surface area (Å²) in [5.74, 6) is -1.07. The van der Waals surface area contributed by atoms with Crippen LogP contribution in [0.5, 0.6) is 5.88 Å². The molecule has 0 aliphatic heterocycles. The van der Waals surface area contributed by atoms with E-state index in [9.17, 15) is 4.79 Å². The lowest BCUT2D eigenvalue weighted by atomic mass is 10.0. The van der Waals surface area contributed by atoms with Crippen molar-refractivity contribution in [1.82, 2.24) is 10.2 Å². The Balaban J connectivity index is 2.57. The molecule has 92 valence electrons. The third-order valence-electron chi connectivity index (χ3n) is 2.60. The van der Waals surface area contributed by atoms with Crippen LogP contribution in [0.2, 0.25) is 0 Å². The lowest BCUT2D eigenvalue weighted by molar-refractivity contribution is 0.0692. The van der Waals surface area contributed by atoms with Crippen LogP contribution in [0, 0.1) is 6.92 Å². The van der Waals surface area contributed by atoms with Gasteiger partial charge in [0.1, 0.15) is 5.56 Å². The molecule has 1 aromatic heterocycles. The van der Waals surface area contributed by atoms with Gasteiger partial charge in [0.15, 0.2) is 0 Å². The molecule has 5 nitrogen and oxygen atoms in total. The SMILES string of the molecule is COc1nnc(-c2ccccc2C)cc1C(=O)O. The smallest absolute Gasteiger partial charge is 0.341 e. The average Bonchev–Trinajstić information content (AvgIpc) is 2.38. The summed E-state index contributed by atoms with van der Waals surface area (Å²) in [6, 6.07) is 9.05. The van der Waals surface area contributed by atoms with E-state index in [-0.39, 0.29) is 11.4 Å². The van der Waals surface area contributed by atoms with E-state index in [2.05, 4.69) is 10.2 Å². The number of carboxylic acids is 1. The molecule has 1 heterocycles. The van der Waals surface area contributed by atoms with Gasteiger partial charge in [-0.3, -0.25) is 0 Å². The van der Waals surface area contributed by atoms with Gasteiger partial charge in [0, 0.05) is 5.56 Å². The molecule has 0 fully saturated rings. The summed E-state index contributed by atoms with van der Waals surface area (Å²) >= 11 is 0. The number of ether oxygens (including phenoxy) is 1. The van der Waals surface area contributed by atoms with Crippen molar-refractivity contribution in [3.63, 3.8) is 0 Å². The Bertz CT molecular complexity index is 597. The molecular formula is C13H12N2O3. The Morgan fingerprint density at radius 1 is 1.28 bits per heavy atom. The van der Waals surface area contributed by atoms with E-state index >= 15 is 0 Å². The summed E-state index contributed by atoms with van der Waals surface area (Å²) in [5.41, 5.74) is 2.39. The number of rotatable bonds is 3. The van der Waals surface area contributed by atoms with E-state index in [0.29, 0.717) is 5.69 Å². The predicted molar refractivity (Wildman–Crippen MR) is 65.7 cm³/mol. The van der Waals surface area contributed by atoms with E-state index in [0.717, 1.165) is 11.1 Å². The highest BCUT2D eigenvalue weighted by Crippen LogP contribution is 2.24. The van der Waals surface area contributed by atoms with Crippen LogP contribution in [0.25, 0.3) is 11.3 Å². The summed E-state index contributed by atoms with van der Waals surface area (Å²) in [5, 5.41) is 16.9. The molecule has 2 rings (SSSR count). The molecule has 1 N–H and O–H groups in total. The Kier molecular flexibility index (Phi) is 3.23. The monoisotopic (exact) mass is 244 g/mol. The molecule has 0 unspecified atom stereocenters. The van der Waals surface area contributed by atoms with Crippen molar-refractivity contribution in [1.29, 1.82) is 0 Å². The highest BCUT2D eigenvalue weighted by Gasteiger charge is 2.15. The van der Waals surface area contributed by atoms with Crippen LogP contribution in [0.1, 0.15) is 15.9 Å². The van der Waals surface area contributed by atoms with Crippen molar-refractivity contribution in [2.45, 2.75) is 6.92 Å². The average molecular weight is 244 g/mol. The van der Waals surface area contributed by atoms with Gasteiger partial charge in [-0.2, -0.15) is 0 Å². The molecule has 0 saturated heterocycles. The van der Waals surface area contributed by atoms with E-state index in [4.69, 9.17) is 9.84 Å². The standard InChI is InChI=1S/C13H12N2O3/c1-8-5-3-4-6-9(8)11-7-10(13(16)17)12(18-2)15-14-11/h3-7H,1-2H3,(H,16,17). The zero-order valence-electron chi connectivity index (χ0n) is 10.0. The topological polar surface area (TPSA) is 72.3 Å². The molecule has 0 radical (unpaired) electrons. The number of hydrogen-bond acceptors (Lipinski definition) is 4. The van der Waals surface area contributed by atoms with Crippen LogP contribution < -0.4 is 4.74 Å². The Morgan fingerprint density at radius 2 is 2.00 bits per heavy atom. The molecule has 1 aromatic carbocycles. The second-order valence-corrected chi connectivity index (χ2v) is 3.77. The molecule has 0 aliphatic rings. The van der Waals surface area contributed by atoms with Crippen molar-refractivity contribution in [3.05, 3.63) is 41.5 Å². The number of hydrogen-bond donors (Lipinski definition) is 1. The number of aromatic carboxylic acids is 1. The van der Waals surface area contributed by atoms with Crippen LogP contribution in [-0.2, 0) is 0 Å². The second-order valence-electron chi connectivity index (χ2n) is 3.77. The summed E-state index contributed by atoms with van der Waals surface area (Å²) in [4.78, 5) is 11.1. The van der Waals surface area contributed by atoms with Crippen LogP contribution in [0.3, 0.4) is 0 Å². The molecular weight excluding hydrogens is 232 g/mol. The summed E-state index contributed by atoms with van der Waals surface area (Å²) < 4.78 is 4.87. The van der Waals surface area contributed by atoms with Crippen LogP contribution in [0.15, 0.2) is 30.3 Å². The van der Waals surface area contributed by atoms with Crippen molar-refractivity contribution in [3.8, 4) is 17.1 Å². The van der Waals surface area contributed by atoms with Crippen LogP contribution >= 0.6 is 0 Å². The number of aryl methyl sites for hydroxylation is 1. The molecule has 5 heteroatoms. The zero-order chi connectivity index (χ0) is 13.1. The normalized spacial score (nSPS) is 10.1. The molecule has 0 bridgehead atoms. The van der Waals surface area contributed by atoms with Crippen LogP contribution in [0.4, 0.5) is 0 Å². The Morgan fingerprint density at radius 3 is 2.61 bits per heavy atom. The highest BCUT2D eigenvalue weighted by atomic mass is 16.5. The van der Waals surface area contributed by atoms with E-state index in [1.807, 2.05) is 31.2 Å². The number of nitrogens with zero attached hydrogens (tertiary/aromatic N) is 2. The first-order valence-electron chi connectivity index (χ1n) is 5.34. The van der Waals surface area contributed by atoms with Gasteiger partial charge in [-0.15, -0.1) is 10.2 Å². The molecule has 0 amide bonds. The lowest BCUT2D eigenvalue weighted by Crippen LogP contribution is -2.05. The minimum atomic E-state index is -1.09. The summed E-state index contributed by atoms with van der Waals surface area (Å²) in [6.07, 6.45) is 0. The highest BCUT2D eigenvalue weighted by molar-refractivity contribution is 5.91. The quantitative estimate of drug-likeness (QED) is 0.895. The number of carbonyl (C=O) groups is 1. The molecule has 2 aromatic rings. The number of benzene rings is 1. The van der Waals surface area contributed by atoms with Gasteiger partial charge in [-0.1, -0.05) is 24.3 Å². The van der Waals surface area contributed by atoms with Crippen LogP contribution in [-0.4, -0.2) is 28.4 Å². The molecule has 0 spiro atoms. The van der Waals surface area contributed by atoms with E-state index in [1.165, 1.54) is 13.2 Å². The minimum absolute atomic E-state index is 0.00533. The lowest BCUT2D eigenvalue weighted by Gasteiger charge is -2.07. The molecule has 18 heavy (non-hydrogen) atoms. The van der Waals surface area contributed by atoms with E-state index < -0.39 is 5.97 Å². The van der Waals surface area contributed by atoms with Gasteiger partial charge < -0.3 is 9.84 Å². The van der Waals surface area contributed by atoms with Gasteiger partial charge in [0.05, 0.1) is 12.8 Å². The number of carboxylic acid groups (broad SMARTS) is 1. The third kappa shape index (κ3) is 2.15. The fraction of sp³-hybridized carbons (Fsp3) is 0.154. The number of methoxy groups -OCH3 is 1. The fourth-order valence-electron chi connectivity index (χ4n) is 1.68. The minimum Gasteiger partial charge on any atom is -0.479 e. The van der Waals surface area contributed by atoms with Crippen molar-refractivity contribution >= 4 is 5.97 Å². The summed E-state index contributed by atoms with van der Waals surface area (Å²) in [6.45, 7) is 1.93. The first-order valence-corrected chi connectivity index (χ1v) is 5.34. The zero-order valence-corrected chi connectivity index (χ0v) is 10.0. The van der Waals surface area contributed by atoms with Gasteiger partial charge in [-0.25, -0.2) is 4.79 Å². The predicted octanol–water partition coefficient (Wildman–Crippen LogP) is 2.16.